The largest absolute Gasteiger partial charge is 0.477 e. The van der Waals surface area contributed by atoms with Crippen LogP contribution < -0.4 is 0 Å². The van der Waals surface area contributed by atoms with Crippen LogP contribution in [-0.4, -0.2) is 25.8 Å². The first-order valence-corrected chi connectivity index (χ1v) is 6.87. The van der Waals surface area contributed by atoms with Gasteiger partial charge < -0.3 is 5.11 Å². The van der Waals surface area contributed by atoms with Crippen LogP contribution in [0.25, 0.3) is 16.9 Å². The lowest BCUT2D eigenvalue weighted by Crippen LogP contribution is -2.08. The van der Waals surface area contributed by atoms with E-state index in [1.807, 2.05) is 38.1 Å². The van der Waals surface area contributed by atoms with E-state index in [0.29, 0.717) is 5.69 Å². The van der Waals surface area contributed by atoms with E-state index in [-0.39, 0.29) is 5.69 Å². The molecule has 5 nitrogen and oxygen atoms in total. The van der Waals surface area contributed by atoms with Crippen molar-refractivity contribution in [1.82, 2.24) is 14.8 Å². The van der Waals surface area contributed by atoms with Crippen molar-refractivity contribution in [2.24, 2.45) is 0 Å². The van der Waals surface area contributed by atoms with Crippen molar-refractivity contribution in [1.29, 1.82) is 0 Å². The molecule has 0 saturated carbocycles. The maximum atomic E-state index is 11.5. The van der Waals surface area contributed by atoms with Crippen LogP contribution in [0.3, 0.4) is 0 Å². The fourth-order valence-corrected chi connectivity index (χ4v) is 2.24. The van der Waals surface area contributed by atoms with E-state index in [4.69, 9.17) is 0 Å². The van der Waals surface area contributed by atoms with Gasteiger partial charge in [0.15, 0.2) is 5.69 Å². The lowest BCUT2D eigenvalue weighted by Gasteiger charge is -2.07. The Hall–Kier alpha value is -2.95. The molecule has 1 N–H and O–H groups in total. The molecule has 0 aliphatic rings. The Labute approximate surface area is 127 Å². The van der Waals surface area contributed by atoms with Gasteiger partial charge in [-0.3, -0.25) is 4.98 Å². The van der Waals surface area contributed by atoms with Gasteiger partial charge in [-0.1, -0.05) is 6.07 Å². The fourth-order valence-electron chi connectivity index (χ4n) is 2.24. The average Bonchev–Trinajstić information content (AvgIpc) is 2.96. The van der Waals surface area contributed by atoms with E-state index < -0.39 is 5.97 Å². The van der Waals surface area contributed by atoms with Crippen molar-refractivity contribution in [2.45, 2.75) is 13.8 Å². The van der Waals surface area contributed by atoms with Crippen molar-refractivity contribution in [3.8, 4) is 16.9 Å². The number of nitrogens with zero attached hydrogens (tertiary/aromatic N) is 3. The molecule has 0 bridgehead atoms. The van der Waals surface area contributed by atoms with Crippen LogP contribution in [-0.2, 0) is 0 Å². The van der Waals surface area contributed by atoms with Gasteiger partial charge in [-0.25, -0.2) is 9.48 Å². The summed E-state index contributed by atoms with van der Waals surface area (Å²) in [6.07, 6.45) is 3.33. The van der Waals surface area contributed by atoms with E-state index in [9.17, 15) is 9.90 Å². The van der Waals surface area contributed by atoms with E-state index >= 15 is 0 Å². The van der Waals surface area contributed by atoms with Crippen LogP contribution >= 0.6 is 0 Å². The molecule has 0 unspecified atom stereocenters. The van der Waals surface area contributed by atoms with Gasteiger partial charge in [0.2, 0.25) is 0 Å². The summed E-state index contributed by atoms with van der Waals surface area (Å²) in [6.45, 7) is 4.01. The van der Waals surface area contributed by atoms with Crippen molar-refractivity contribution in [3.05, 3.63) is 65.6 Å². The number of aromatic nitrogens is 3. The molecule has 0 aliphatic carbocycles. The van der Waals surface area contributed by atoms with Gasteiger partial charge in [0.1, 0.15) is 0 Å². The molecule has 0 amide bonds. The summed E-state index contributed by atoms with van der Waals surface area (Å²) in [4.78, 5) is 15.6. The van der Waals surface area contributed by atoms with E-state index in [0.717, 1.165) is 22.4 Å². The molecule has 0 atom stereocenters. The highest BCUT2D eigenvalue weighted by Gasteiger charge is 2.17. The molecule has 5 heteroatoms. The third-order valence-electron chi connectivity index (χ3n) is 3.62. The summed E-state index contributed by atoms with van der Waals surface area (Å²) < 4.78 is 1.46. The van der Waals surface area contributed by atoms with E-state index in [2.05, 4.69) is 10.1 Å². The molecule has 1 aromatic carbocycles. The molecule has 110 valence electrons. The topological polar surface area (TPSA) is 68.0 Å². The number of benzene rings is 1. The Kier molecular flexibility index (Phi) is 3.47. The Morgan fingerprint density at radius 3 is 2.59 bits per heavy atom. The predicted molar refractivity (Wildman–Crippen MR) is 83.2 cm³/mol. The summed E-state index contributed by atoms with van der Waals surface area (Å²) in [5.41, 5.74) is 4.47. The zero-order valence-corrected chi connectivity index (χ0v) is 12.3. The maximum Gasteiger partial charge on any atom is 0.354 e. The van der Waals surface area contributed by atoms with Crippen LogP contribution in [0.4, 0.5) is 0 Å². The molecular weight excluding hydrogens is 278 g/mol. The minimum atomic E-state index is -1.01. The number of rotatable bonds is 3. The molecule has 0 radical (unpaired) electrons. The number of carbonyl (C=O) groups is 1. The second kappa shape index (κ2) is 5.44. The highest BCUT2D eigenvalue weighted by molar-refractivity contribution is 5.88. The normalized spacial score (nSPS) is 10.6. The number of carboxylic acid groups (broad SMARTS) is 1. The zero-order chi connectivity index (χ0) is 15.7. The average molecular weight is 293 g/mol. The van der Waals surface area contributed by atoms with E-state index in [1.165, 1.54) is 4.68 Å². The molecule has 22 heavy (non-hydrogen) atoms. The molecule has 2 aromatic heterocycles. The zero-order valence-electron chi connectivity index (χ0n) is 12.3. The summed E-state index contributed by atoms with van der Waals surface area (Å²) in [7, 11) is 0. The molecule has 0 fully saturated rings. The molecule has 3 aromatic rings. The Morgan fingerprint density at radius 1 is 1.14 bits per heavy atom. The van der Waals surface area contributed by atoms with Crippen LogP contribution in [0.5, 0.6) is 0 Å². The second-order valence-corrected chi connectivity index (χ2v) is 5.14. The smallest absolute Gasteiger partial charge is 0.354 e. The van der Waals surface area contributed by atoms with Crippen molar-refractivity contribution in [2.75, 3.05) is 0 Å². The lowest BCUT2D eigenvalue weighted by atomic mass is 10.1. The van der Waals surface area contributed by atoms with E-state index in [1.54, 1.807) is 24.5 Å². The number of hydrogen-bond donors (Lipinski definition) is 1. The monoisotopic (exact) mass is 293 g/mol. The van der Waals surface area contributed by atoms with Crippen LogP contribution in [0, 0.1) is 13.8 Å². The summed E-state index contributed by atoms with van der Waals surface area (Å²) in [6, 6.07) is 11.0. The predicted octanol–water partition coefficient (Wildman–Crippen LogP) is 3.25. The first-order chi connectivity index (χ1) is 10.6. The molecule has 0 spiro atoms. The third-order valence-corrected chi connectivity index (χ3v) is 3.62. The lowest BCUT2D eigenvalue weighted by molar-refractivity contribution is 0.0687. The highest BCUT2D eigenvalue weighted by atomic mass is 16.4. The first-order valence-electron chi connectivity index (χ1n) is 6.87. The fraction of sp³-hybridized carbons (Fsp3) is 0.118. The molecular formula is C17H15N3O2. The Balaban J connectivity index is 2.16. The van der Waals surface area contributed by atoms with Gasteiger partial charge in [0.05, 0.1) is 11.4 Å². The van der Waals surface area contributed by atoms with Gasteiger partial charge in [-0.15, -0.1) is 0 Å². The minimum absolute atomic E-state index is 0.127. The molecule has 0 saturated heterocycles. The molecule has 3 rings (SSSR count). The van der Waals surface area contributed by atoms with Crippen LogP contribution in [0.2, 0.25) is 0 Å². The summed E-state index contributed by atoms with van der Waals surface area (Å²) in [5, 5.41) is 13.9. The van der Waals surface area contributed by atoms with Crippen molar-refractivity contribution in [3.63, 3.8) is 0 Å². The standard InChI is InChI=1S/C17H15N3O2/c1-11-5-6-14(8-12(11)2)20-16(17(21)22)9-15(19-20)13-4-3-7-18-10-13/h3-10H,1-2H3,(H,21,22). The number of pyridine rings is 1. The maximum absolute atomic E-state index is 11.5. The third kappa shape index (κ3) is 2.48. The van der Waals surface area contributed by atoms with Crippen molar-refractivity contribution < 1.29 is 9.90 Å². The van der Waals surface area contributed by atoms with Gasteiger partial charge in [0, 0.05) is 18.0 Å². The van der Waals surface area contributed by atoms with Crippen molar-refractivity contribution >= 4 is 5.97 Å². The van der Waals surface area contributed by atoms with Crippen LogP contribution in [0.1, 0.15) is 21.6 Å². The highest BCUT2D eigenvalue weighted by Crippen LogP contribution is 2.22. The van der Waals surface area contributed by atoms with Gasteiger partial charge in [0.25, 0.3) is 0 Å². The number of aryl methyl sites for hydroxylation is 2. The summed E-state index contributed by atoms with van der Waals surface area (Å²) >= 11 is 0. The number of carboxylic acids is 1. The second-order valence-electron chi connectivity index (χ2n) is 5.14. The Morgan fingerprint density at radius 2 is 1.95 bits per heavy atom. The van der Waals surface area contributed by atoms with Gasteiger partial charge in [-0.2, -0.15) is 5.10 Å². The number of aromatic carboxylic acids is 1. The van der Waals surface area contributed by atoms with Gasteiger partial charge in [-0.05, 0) is 55.3 Å². The molecule has 0 aliphatic heterocycles. The summed E-state index contributed by atoms with van der Waals surface area (Å²) in [5.74, 6) is -1.01. The van der Waals surface area contributed by atoms with Crippen LogP contribution in [0.15, 0.2) is 48.8 Å². The Bertz CT molecular complexity index is 838. The minimum Gasteiger partial charge on any atom is -0.477 e. The quantitative estimate of drug-likeness (QED) is 0.805. The SMILES string of the molecule is Cc1ccc(-n2nc(-c3cccnc3)cc2C(=O)O)cc1C. The van der Waals surface area contributed by atoms with Gasteiger partial charge >= 0.3 is 5.97 Å². The first kappa shape index (κ1) is 14.0. The molecule has 2 heterocycles. The number of hydrogen-bond acceptors (Lipinski definition) is 3.